The molecule has 0 aliphatic rings. The molecule has 4 heterocycles. The largest absolute Gasteiger partial charge is 0.296 e. The van der Waals surface area contributed by atoms with E-state index in [9.17, 15) is 4.79 Å². The summed E-state index contributed by atoms with van der Waals surface area (Å²) < 4.78 is 1.04. The van der Waals surface area contributed by atoms with E-state index in [4.69, 9.17) is 0 Å². The molecule has 4 rings (SSSR count). The molecule has 8 heteroatoms. The van der Waals surface area contributed by atoms with E-state index >= 15 is 0 Å². The van der Waals surface area contributed by atoms with Crippen LogP contribution < -0.4 is 0 Å². The third-order valence-corrected chi connectivity index (χ3v) is 3.58. The summed E-state index contributed by atoms with van der Waals surface area (Å²) in [4.78, 5) is 18.4. The zero-order valence-corrected chi connectivity index (χ0v) is 12.8. The number of aldehydes is 1. The molecular formula is C14H13IN6O. The maximum absolute atomic E-state index is 10.4. The maximum Gasteiger partial charge on any atom is 0.181 e. The first-order chi connectivity index (χ1) is 10.3. The Hall–Kier alpha value is -2.36. The molecule has 0 aromatic carbocycles. The van der Waals surface area contributed by atoms with Crippen molar-refractivity contribution in [3.05, 3.63) is 46.1 Å². The zero-order valence-electron chi connectivity index (χ0n) is 10.6. The fraction of sp³-hybridized carbons (Fsp3) is 0.0714. The molecule has 0 bridgehead atoms. The first-order valence-corrected chi connectivity index (χ1v) is 7.06. The Morgan fingerprint density at radius 1 is 0.955 bits per heavy atom. The van der Waals surface area contributed by atoms with Crippen LogP contribution in [0.2, 0.25) is 0 Å². The van der Waals surface area contributed by atoms with Crippen LogP contribution in [-0.2, 0) is 0 Å². The maximum atomic E-state index is 10.4. The van der Waals surface area contributed by atoms with Gasteiger partial charge in [-0.3, -0.25) is 15.0 Å². The van der Waals surface area contributed by atoms with E-state index in [0.29, 0.717) is 11.3 Å². The molecule has 4 aromatic heterocycles. The highest BCUT2D eigenvalue weighted by Crippen LogP contribution is 2.13. The fourth-order valence-electron chi connectivity index (χ4n) is 1.78. The molecule has 0 aliphatic heterocycles. The van der Waals surface area contributed by atoms with Gasteiger partial charge in [0.15, 0.2) is 17.6 Å². The molecule has 22 heavy (non-hydrogen) atoms. The second-order valence-corrected chi connectivity index (χ2v) is 5.12. The Labute approximate surface area is 139 Å². The van der Waals surface area contributed by atoms with Gasteiger partial charge in [0.25, 0.3) is 0 Å². The normalized spacial score (nSPS) is 9.86. The number of hydrogen-bond donors (Lipinski definition) is 2. The van der Waals surface area contributed by atoms with Crippen LogP contribution in [0.1, 0.15) is 17.9 Å². The summed E-state index contributed by atoms with van der Waals surface area (Å²) in [7, 11) is 0. The predicted octanol–water partition coefficient (Wildman–Crippen LogP) is 2.97. The SMILES string of the molecule is C.Ic1[nH]nc2ncccc12.O=Cc1[nH]nc2ncccc12. The molecule has 112 valence electrons. The van der Waals surface area contributed by atoms with Crippen molar-refractivity contribution in [1.82, 2.24) is 30.4 Å². The van der Waals surface area contributed by atoms with Crippen molar-refractivity contribution < 1.29 is 4.79 Å². The molecule has 2 N–H and O–H groups in total. The van der Waals surface area contributed by atoms with Gasteiger partial charge in [-0.15, -0.1) is 0 Å². The Morgan fingerprint density at radius 3 is 2.18 bits per heavy atom. The van der Waals surface area contributed by atoms with Crippen LogP contribution >= 0.6 is 22.6 Å². The van der Waals surface area contributed by atoms with Crippen molar-refractivity contribution in [3.8, 4) is 0 Å². The quantitative estimate of drug-likeness (QED) is 0.373. The molecule has 0 atom stereocenters. The number of hydrogen-bond acceptors (Lipinski definition) is 5. The lowest BCUT2D eigenvalue weighted by Gasteiger charge is -1.83. The van der Waals surface area contributed by atoms with Crippen molar-refractivity contribution in [1.29, 1.82) is 0 Å². The van der Waals surface area contributed by atoms with Crippen molar-refractivity contribution in [2.45, 2.75) is 7.43 Å². The number of aromatic amines is 2. The van der Waals surface area contributed by atoms with Gasteiger partial charge >= 0.3 is 0 Å². The summed E-state index contributed by atoms with van der Waals surface area (Å²) in [6.07, 6.45) is 4.11. The van der Waals surface area contributed by atoms with E-state index in [1.165, 1.54) is 0 Å². The monoisotopic (exact) mass is 408 g/mol. The van der Waals surface area contributed by atoms with Gasteiger partial charge < -0.3 is 0 Å². The number of nitrogens with one attached hydrogen (secondary N) is 2. The van der Waals surface area contributed by atoms with E-state index < -0.39 is 0 Å². The molecule has 4 aromatic rings. The van der Waals surface area contributed by atoms with E-state index in [1.54, 1.807) is 24.5 Å². The van der Waals surface area contributed by atoms with Crippen LogP contribution in [0.5, 0.6) is 0 Å². The molecule has 0 saturated carbocycles. The van der Waals surface area contributed by atoms with Crippen LogP contribution in [0.4, 0.5) is 0 Å². The summed E-state index contributed by atoms with van der Waals surface area (Å²) >= 11 is 2.20. The lowest BCUT2D eigenvalue weighted by atomic mass is 10.3. The lowest BCUT2D eigenvalue weighted by molar-refractivity contribution is 0.112. The summed E-state index contributed by atoms with van der Waals surface area (Å²) in [5, 5.41) is 15.1. The number of fused-ring (bicyclic) bond motifs is 2. The van der Waals surface area contributed by atoms with Gasteiger partial charge in [-0.25, -0.2) is 9.97 Å². The second kappa shape index (κ2) is 7.07. The van der Waals surface area contributed by atoms with Crippen LogP contribution in [0.25, 0.3) is 22.1 Å². The first-order valence-electron chi connectivity index (χ1n) is 5.98. The van der Waals surface area contributed by atoms with Crippen molar-refractivity contribution in [2.24, 2.45) is 0 Å². The van der Waals surface area contributed by atoms with E-state index in [0.717, 1.165) is 26.4 Å². The van der Waals surface area contributed by atoms with Crippen LogP contribution in [0, 0.1) is 3.70 Å². The van der Waals surface area contributed by atoms with E-state index in [2.05, 4.69) is 53.0 Å². The molecule has 7 nitrogen and oxygen atoms in total. The standard InChI is InChI=1S/C7H5N3O.C6H4IN3.CH4/c11-4-6-5-2-1-3-8-7(5)10-9-6;7-5-4-2-1-3-8-6(4)10-9-5;/h1-4H,(H,8,9,10);1-3H,(H,8,9,10);1H4. The van der Waals surface area contributed by atoms with Crippen molar-refractivity contribution >= 4 is 50.9 Å². The highest BCUT2D eigenvalue weighted by atomic mass is 127. The topological polar surface area (TPSA) is 100 Å². The highest BCUT2D eigenvalue weighted by molar-refractivity contribution is 14.1. The minimum absolute atomic E-state index is 0. The summed E-state index contributed by atoms with van der Waals surface area (Å²) in [5.74, 6) is 0. The lowest BCUT2D eigenvalue weighted by Crippen LogP contribution is -1.78. The zero-order chi connectivity index (χ0) is 14.7. The molecule has 0 aliphatic carbocycles. The van der Waals surface area contributed by atoms with Crippen molar-refractivity contribution in [3.63, 3.8) is 0 Å². The molecule has 0 fully saturated rings. The Bertz CT molecular complexity index is 900. The average molecular weight is 408 g/mol. The van der Waals surface area contributed by atoms with E-state index in [-0.39, 0.29) is 7.43 Å². The minimum atomic E-state index is 0. The molecular weight excluding hydrogens is 395 g/mol. The van der Waals surface area contributed by atoms with Crippen LogP contribution in [0.3, 0.4) is 0 Å². The summed E-state index contributed by atoms with van der Waals surface area (Å²) in [6, 6.07) is 7.47. The van der Waals surface area contributed by atoms with Gasteiger partial charge in [0.2, 0.25) is 0 Å². The van der Waals surface area contributed by atoms with Gasteiger partial charge in [-0.05, 0) is 46.9 Å². The minimum Gasteiger partial charge on any atom is -0.296 e. The summed E-state index contributed by atoms with van der Waals surface area (Å²) in [5.41, 5.74) is 1.84. The van der Waals surface area contributed by atoms with Gasteiger partial charge in [-0.1, -0.05) is 7.43 Å². The van der Waals surface area contributed by atoms with E-state index in [1.807, 2.05) is 12.1 Å². The Morgan fingerprint density at radius 2 is 1.55 bits per heavy atom. The molecule has 0 saturated heterocycles. The number of rotatable bonds is 1. The number of H-pyrrole nitrogens is 2. The Kier molecular flexibility index (Phi) is 5.15. The van der Waals surface area contributed by atoms with Crippen molar-refractivity contribution in [2.75, 3.05) is 0 Å². The number of halogens is 1. The molecule has 0 spiro atoms. The van der Waals surface area contributed by atoms with Crippen LogP contribution in [0.15, 0.2) is 36.7 Å². The number of carbonyl (C=O) groups is 1. The van der Waals surface area contributed by atoms with Crippen LogP contribution in [-0.4, -0.2) is 36.6 Å². The van der Waals surface area contributed by atoms with Gasteiger partial charge in [0.05, 0.1) is 5.39 Å². The summed E-state index contributed by atoms with van der Waals surface area (Å²) in [6.45, 7) is 0. The number of pyridine rings is 2. The molecule has 0 radical (unpaired) electrons. The average Bonchev–Trinajstić information content (AvgIpc) is 3.12. The fourth-order valence-corrected chi connectivity index (χ4v) is 2.32. The third kappa shape index (κ3) is 3.11. The highest BCUT2D eigenvalue weighted by Gasteiger charge is 2.02. The first kappa shape index (κ1) is 16.0. The number of aromatic nitrogens is 6. The predicted molar refractivity (Wildman–Crippen MR) is 92.6 cm³/mol. The van der Waals surface area contributed by atoms with Gasteiger partial charge in [0.1, 0.15) is 9.39 Å². The smallest absolute Gasteiger partial charge is 0.181 e. The number of carbonyl (C=O) groups excluding carboxylic acids is 1. The number of nitrogens with zero attached hydrogens (tertiary/aromatic N) is 4. The van der Waals surface area contributed by atoms with Gasteiger partial charge in [-0.2, -0.15) is 10.2 Å². The molecule has 0 unspecified atom stereocenters. The third-order valence-electron chi connectivity index (χ3n) is 2.76. The molecule has 0 amide bonds. The second-order valence-electron chi connectivity index (χ2n) is 4.04. The Balaban J connectivity index is 0.000000154. The van der Waals surface area contributed by atoms with Gasteiger partial charge in [0, 0.05) is 17.8 Å².